The van der Waals surface area contributed by atoms with Gasteiger partial charge in [-0.15, -0.1) is 0 Å². The maximum Gasteiger partial charge on any atom is 0.328 e. The summed E-state index contributed by atoms with van der Waals surface area (Å²) < 4.78 is 0. The van der Waals surface area contributed by atoms with Gasteiger partial charge in [0.2, 0.25) is 0 Å². The number of nitrogens with zero attached hydrogens (tertiary/aromatic N) is 1. The number of fused-ring (bicyclic) bond motifs is 5. The molecule has 0 fully saturated rings. The summed E-state index contributed by atoms with van der Waals surface area (Å²) in [5, 5.41) is 15.7. The number of nitrogens with two attached hydrogens (primary N) is 3. The number of aldehydes is 2. The van der Waals surface area contributed by atoms with Crippen LogP contribution in [-0.2, 0) is 27.2 Å². The molecule has 0 unspecified atom stereocenters. The Kier molecular flexibility index (Phi) is 11.5. The minimum atomic E-state index is -1.06. The number of rotatable bonds is 17. The molecular formula is C38H48N6O4. The van der Waals surface area contributed by atoms with E-state index in [9.17, 15) is 19.5 Å². The second-order valence-electron chi connectivity index (χ2n) is 13.6. The van der Waals surface area contributed by atoms with Crippen LogP contribution in [0.3, 0.4) is 0 Å². The number of carboxylic acid groups (broad SMARTS) is 1. The zero-order valence-electron chi connectivity index (χ0n) is 27.6. The first kappa shape index (κ1) is 34.6. The number of guanidine groups is 1. The number of carbonyl (C=O) groups excluding carboxylic acids is 2. The third-order valence-corrected chi connectivity index (χ3v) is 10.1. The Morgan fingerprint density at radius 1 is 1.10 bits per heavy atom. The van der Waals surface area contributed by atoms with E-state index in [1.165, 1.54) is 17.2 Å². The van der Waals surface area contributed by atoms with E-state index in [1.807, 2.05) is 31.3 Å². The van der Waals surface area contributed by atoms with E-state index in [-0.39, 0.29) is 54.2 Å². The largest absolute Gasteiger partial charge is 0.478 e. The van der Waals surface area contributed by atoms with Gasteiger partial charge in [-0.1, -0.05) is 49.4 Å². The van der Waals surface area contributed by atoms with E-state index >= 15 is 0 Å². The van der Waals surface area contributed by atoms with Crippen molar-refractivity contribution in [1.82, 2.24) is 4.98 Å². The van der Waals surface area contributed by atoms with Gasteiger partial charge < -0.3 is 42.2 Å². The lowest BCUT2D eigenvalue weighted by Gasteiger charge is -2.47. The molecule has 0 spiro atoms. The number of hydrogen-bond donors (Lipinski definition) is 6. The summed E-state index contributed by atoms with van der Waals surface area (Å²) in [5.74, 6) is 0.408. The van der Waals surface area contributed by atoms with Crippen LogP contribution in [0.5, 0.6) is 0 Å². The average Bonchev–Trinajstić information content (AvgIpc) is 3.57. The molecule has 9 N–H and O–H groups in total. The molecule has 0 aliphatic heterocycles. The highest BCUT2D eigenvalue weighted by molar-refractivity contribution is 5.86. The van der Waals surface area contributed by atoms with Gasteiger partial charge in [-0.05, 0) is 107 Å². The Balaban J connectivity index is 1.53. The van der Waals surface area contributed by atoms with Gasteiger partial charge in [0.25, 0.3) is 0 Å². The summed E-state index contributed by atoms with van der Waals surface area (Å²) in [4.78, 5) is 41.9. The Morgan fingerprint density at radius 3 is 2.65 bits per heavy atom. The van der Waals surface area contributed by atoms with Crippen LogP contribution in [0.4, 0.5) is 5.82 Å². The molecule has 0 amide bonds. The van der Waals surface area contributed by atoms with E-state index in [0.717, 1.165) is 66.8 Å². The summed E-state index contributed by atoms with van der Waals surface area (Å²) in [6.45, 7) is 1.99. The Morgan fingerprint density at radius 2 is 1.94 bits per heavy atom. The number of aromatic nitrogens is 1. The molecule has 254 valence electrons. The molecule has 2 aliphatic carbocycles. The predicted octanol–water partition coefficient (Wildman–Crippen LogP) is 4.85. The van der Waals surface area contributed by atoms with Crippen molar-refractivity contribution in [3.8, 4) is 0 Å². The Hall–Kier alpha value is -4.70. The molecule has 0 radical (unpaired) electrons. The summed E-state index contributed by atoms with van der Waals surface area (Å²) in [7, 11) is 0. The molecule has 3 aromatic rings. The smallest absolute Gasteiger partial charge is 0.328 e. The van der Waals surface area contributed by atoms with Crippen molar-refractivity contribution < 1.29 is 19.5 Å². The minimum absolute atomic E-state index is 0.00508. The van der Waals surface area contributed by atoms with Gasteiger partial charge in [0.15, 0.2) is 5.96 Å². The lowest BCUT2D eigenvalue weighted by molar-refractivity contribution is -0.131. The number of H-pyrrole nitrogens is 1. The van der Waals surface area contributed by atoms with Crippen molar-refractivity contribution in [2.45, 2.75) is 69.9 Å². The molecule has 48 heavy (non-hydrogen) atoms. The Bertz CT molecular complexity index is 1680. The maximum atomic E-state index is 12.0. The molecule has 2 aliphatic rings. The molecule has 10 nitrogen and oxygen atoms in total. The number of allylic oxidation sites excluding steroid dienone is 2. The van der Waals surface area contributed by atoms with E-state index in [0.29, 0.717) is 18.4 Å². The highest BCUT2D eigenvalue weighted by Gasteiger charge is 2.43. The predicted molar refractivity (Wildman–Crippen MR) is 191 cm³/mol. The first-order valence-electron chi connectivity index (χ1n) is 16.9. The third kappa shape index (κ3) is 8.60. The second-order valence-corrected chi connectivity index (χ2v) is 13.6. The van der Waals surface area contributed by atoms with Crippen LogP contribution < -0.4 is 22.5 Å². The van der Waals surface area contributed by atoms with Crippen LogP contribution in [0, 0.1) is 23.7 Å². The molecular weight excluding hydrogens is 604 g/mol. The quantitative estimate of drug-likeness (QED) is 0.0392. The van der Waals surface area contributed by atoms with Gasteiger partial charge in [0, 0.05) is 30.7 Å². The highest BCUT2D eigenvalue weighted by Crippen LogP contribution is 2.52. The monoisotopic (exact) mass is 652 g/mol. The topological polar surface area (TPSA) is 190 Å². The number of hydrogen-bond acceptors (Lipinski definition) is 6. The molecule has 2 aromatic carbocycles. The van der Waals surface area contributed by atoms with Crippen LogP contribution in [0.2, 0.25) is 0 Å². The lowest BCUT2D eigenvalue weighted by Crippen LogP contribution is -2.40. The lowest BCUT2D eigenvalue weighted by atomic mass is 9.58. The van der Waals surface area contributed by atoms with Gasteiger partial charge in [-0.25, -0.2) is 9.79 Å². The van der Waals surface area contributed by atoms with Crippen molar-refractivity contribution >= 4 is 41.1 Å². The van der Waals surface area contributed by atoms with Gasteiger partial charge in [-0.3, -0.25) is 0 Å². The van der Waals surface area contributed by atoms with E-state index in [4.69, 9.17) is 17.2 Å². The van der Waals surface area contributed by atoms with Crippen LogP contribution in [0.15, 0.2) is 77.5 Å². The van der Waals surface area contributed by atoms with Gasteiger partial charge in [0.05, 0.1) is 12.6 Å². The first-order chi connectivity index (χ1) is 23.1. The molecule has 1 aromatic heterocycles. The van der Waals surface area contributed by atoms with Gasteiger partial charge in [0.1, 0.15) is 18.4 Å². The molecule has 0 saturated carbocycles. The van der Waals surface area contributed by atoms with E-state index in [2.05, 4.69) is 51.7 Å². The number of aliphatic carboxylic acids is 1. The van der Waals surface area contributed by atoms with Crippen molar-refractivity contribution in [1.29, 1.82) is 0 Å². The van der Waals surface area contributed by atoms with Crippen molar-refractivity contribution in [3.63, 3.8) is 0 Å². The fourth-order valence-electron chi connectivity index (χ4n) is 7.66. The molecule has 5 rings (SSSR count). The zero-order chi connectivity index (χ0) is 34.2. The summed E-state index contributed by atoms with van der Waals surface area (Å²) >= 11 is 0. The normalized spacial score (nSPS) is 21.9. The number of benzene rings is 2. The second kappa shape index (κ2) is 15.9. The summed E-state index contributed by atoms with van der Waals surface area (Å²) in [6, 6.07) is 14.3. The fourth-order valence-corrected chi connectivity index (χ4v) is 7.66. The SMILES string of the molecule is C[C@H](C=O)CC[C@H](N)CC[C@H]1C=C[C@@H]2Cc3cc4ccc(CC=O)cc4cc3[C@H]1[C@H]2C[C@@H](Nc1ccc[nH]1)/C(=C/C(=O)O)CN=C(N)N. The van der Waals surface area contributed by atoms with E-state index < -0.39 is 5.97 Å². The van der Waals surface area contributed by atoms with Gasteiger partial charge >= 0.3 is 5.97 Å². The van der Waals surface area contributed by atoms with Gasteiger partial charge in [-0.2, -0.15) is 0 Å². The number of carbonyl (C=O) groups is 3. The molecule has 0 saturated heterocycles. The molecule has 10 heteroatoms. The van der Waals surface area contributed by atoms with Crippen molar-refractivity contribution in [2.75, 3.05) is 11.9 Å². The number of carboxylic acids is 1. The molecule has 1 heterocycles. The molecule has 2 bridgehead atoms. The minimum Gasteiger partial charge on any atom is -0.478 e. The van der Waals surface area contributed by atoms with E-state index in [1.54, 1.807) is 0 Å². The van der Waals surface area contributed by atoms with Crippen molar-refractivity contribution in [2.24, 2.45) is 45.9 Å². The fraction of sp³-hybridized carbons (Fsp3) is 0.421. The average molecular weight is 653 g/mol. The summed E-state index contributed by atoms with van der Waals surface area (Å²) in [6.07, 6.45) is 14.9. The molecule has 7 atom stereocenters. The number of nitrogens with one attached hydrogen (secondary N) is 2. The maximum absolute atomic E-state index is 12.0. The number of aliphatic imine (C=N–C) groups is 1. The standard InChI is InChI=1S/C38H48N6O4/c1-23(22-46)4-10-31(39)11-9-25-7-8-27-17-29-16-26-6-5-24(12-14-45)15-28(26)18-32(29)37(25)33(27)20-34(44-35-3-2-13-42-35)30(19-36(47)48)21-43-38(40)41/h2-3,5-8,13-16,18-19,22-23,25,27,31,33-34,37,42,44H,4,9-12,17,20-21,39H2,1H3,(H,47,48)(H4,40,41,43)/b30-19+/t23-,25+,27+,31-,33-,34+,37-/m0/s1. The zero-order valence-corrected chi connectivity index (χ0v) is 27.6. The Labute approximate surface area is 281 Å². The van der Waals surface area contributed by atoms with Crippen molar-refractivity contribution in [3.05, 3.63) is 89.2 Å². The van der Waals surface area contributed by atoms with Crippen LogP contribution >= 0.6 is 0 Å². The highest BCUT2D eigenvalue weighted by atomic mass is 16.4. The number of aromatic amines is 1. The van der Waals surface area contributed by atoms with Crippen LogP contribution in [0.1, 0.15) is 61.6 Å². The summed E-state index contributed by atoms with van der Waals surface area (Å²) in [5.41, 5.74) is 22.2. The first-order valence-corrected chi connectivity index (χ1v) is 16.9. The van der Waals surface area contributed by atoms with Crippen LogP contribution in [0.25, 0.3) is 10.8 Å². The number of anilines is 1. The van der Waals surface area contributed by atoms with Crippen LogP contribution in [-0.4, -0.2) is 53.2 Å². The third-order valence-electron chi connectivity index (χ3n) is 10.1.